The standard InChI is InChI=1S/C24H26N6O/c1-15-20(17-10-11-18(25)19(26)14-17)24(31)30-23(27-15)22(29-12-6-3-7-13-29)21(28-30)16-8-4-2-5-9-16/h2,4-5,8-11,14,28H,3,6-7,12-13,25-26H2,1H3. The third-order valence-electron chi connectivity index (χ3n) is 6.05. The smallest absolute Gasteiger partial charge is 0.280 e. The fourth-order valence-electron chi connectivity index (χ4n) is 4.45. The maximum atomic E-state index is 13.6. The number of nitrogens with one attached hydrogen (secondary N) is 1. The van der Waals surface area contributed by atoms with Crippen molar-refractivity contribution < 1.29 is 0 Å². The van der Waals surface area contributed by atoms with Crippen molar-refractivity contribution >= 4 is 22.7 Å². The van der Waals surface area contributed by atoms with Gasteiger partial charge in [-0.1, -0.05) is 36.4 Å². The summed E-state index contributed by atoms with van der Waals surface area (Å²) in [5.41, 5.74) is 18.2. The Balaban J connectivity index is 1.78. The van der Waals surface area contributed by atoms with E-state index in [2.05, 4.69) is 22.1 Å². The average Bonchev–Trinajstić information content (AvgIpc) is 3.17. The van der Waals surface area contributed by atoms with E-state index >= 15 is 0 Å². The van der Waals surface area contributed by atoms with Crippen molar-refractivity contribution in [1.29, 1.82) is 0 Å². The number of hydrogen-bond donors (Lipinski definition) is 3. The molecule has 4 aromatic rings. The third-order valence-corrected chi connectivity index (χ3v) is 6.05. The number of rotatable bonds is 3. The summed E-state index contributed by atoms with van der Waals surface area (Å²) >= 11 is 0. The number of piperidine rings is 1. The molecule has 5 rings (SSSR count). The first-order valence-electron chi connectivity index (χ1n) is 10.7. The van der Waals surface area contributed by atoms with Crippen molar-refractivity contribution in [2.24, 2.45) is 0 Å². The molecule has 5 N–H and O–H groups in total. The van der Waals surface area contributed by atoms with Crippen LogP contribution >= 0.6 is 0 Å². The molecule has 0 unspecified atom stereocenters. The second kappa shape index (κ2) is 7.50. The summed E-state index contributed by atoms with van der Waals surface area (Å²) in [4.78, 5) is 20.9. The van der Waals surface area contributed by atoms with Gasteiger partial charge in [0.2, 0.25) is 0 Å². The molecule has 31 heavy (non-hydrogen) atoms. The highest BCUT2D eigenvalue weighted by atomic mass is 16.1. The molecule has 2 aromatic heterocycles. The predicted octanol–water partition coefficient (Wildman–Crippen LogP) is 3.82. The van der Waals surface area contributed by atoms with Crippen LogP contribution in [0, 0.1) is 6.92 Å². The van der Waals surface area contributed by atoms with E-state index in [1.165, 1.54) is 6.42 Å². The van der Waals surface area contributed by atoms with Crippen molar-refractivity contribution in [2.75, 3.05) is 29.5 Å². The Morgan fingerprint density at radius 3 is 2.39 bits per heavy atom. The monoisotopic (exact) mass is 414 g/mol. The summed E-state index contributed by atoms with van der Waals surface area (Å²) in [7, 11) is 0. The Hall–Kier alpha value is -3.74. The molecule has 7 heteroatoms. The van der Waals surface area contributed by atoms with Crippen LogP contribution in [0.5, 0.6) is 0 Å². The molecule has 0 bridgehead atoms. The van der Waals surface area contributed by atoms with Gasteiger partial charge in [0.05, 0.1) is 28.3 Å². The summed E-state index contributed by atoms with van der Waals surface area (Å²) in [6.07, 6.45) is 3.50. The summed E-state index contributed by atoms with van der Waals surface area (Å²) in [6.45, 7) is 3.79. The third kappa shape index (κ3) is 3.22. The van der Waals surface area contributed by atoms with Crippen LogP contribution in [0.4, 0.5) is 17.1 Å². The molecule has 0 radical (unpaired) electrons. The van der Waals surface area contributed by atoms with Crippen LogP contribution in [0.3, 0.4) is 0 Å². The molecule has 3 heterocycles. The molecule has 0 atom stereocenters. The molecule has 1 aliphatic heterocycles. The second-order valence-corrected chi connectivity index (χ2v) is 8.13. The van der Waals surface area contributed by atoms with Crippen LogP contribution in [-0.4, -0.2) is 27.7 Å². The van der Waals surface area contributed by atoms with Crippen LogP contribution in [0.15, 0.2) is 53.3 Å². The normalized spacial score (nSPS) is 14.3. The van der Waals surface area contributed by atoms with Gasteiger partial charge < -0.3 is 16.4 Å². The van der Waals surface area contributed by atoms with E-state index in [4.69, 9.17) is 16.5 Å². The van der Waals surface area contributed by atoms with Gasteiger partial charge in [-0.25, -0.2) is 4.98 Å². The maximum absolute atomic E-state index is 13.6. The Morgan fingerprint density at radius 2 is 1.68 bits per heavy atom. The summed E-state index contributed by atoms with van der Waals surface area (Å²) in [6, 6.07) is 15.4. The Kier molecular flexibility index (Phi) is 4.66. The number of benzene rings is 2. The number of nitrogens with zero attached hydrogens (tertiary/aromatic N) is 3. The lowest BCUT2D eigenvalue weighted by Gasteiger charge is -2.28. The highest BCUT2D eigenvalue weighted by Gasteiger charge is 2.25. The number of H-pyrrole nitrogens is 1. The van der Waals surface area contributed by atoms with Crippen molar-refractivity contribution in [3.05, 3.63) is 64.6 Å². The van der Waals surface area contributed by atoms with Crippen molar-refractivity contribution in [3.8, 4) is 22.4 Å². The first-order chi connectivity index (χ1) is 15.0. The minimum Gasteiger partial charge on any atom is -0.397 e. The van der Waals surface area contributed by atoms with Gasteiger partial charge in [-0.15, -0.1) is 0 Å². The maximum Gasteiger partial charge on any atom is 0.280 e. The van der Waals surface area contributed by atoms with Crippen LogP contribution < -0.4 is 21.9 Å². The molecule has 0 aliphatic carbocycles. The van der Waals surface area contributed by atoms with Crippen LogP contribution in [0.2, 0.25) is 0 Å². The zero-order valence-corrected chi connectivity index (χ0v) is 17.6. The zero-order valence-electron chi connectivity index (χ0n) is 17.6. The van der Waals surface area contributed by atoms with Gasteiger partial charge in [0, 0.05) is 18.7 Å². The number of nitrogen functional groups attached to an aromatic ring is 2. The molecule has 0 saturated carbocycles. The number of anilines is 3. The van der Waals surface area contributed by atoms with E-state index < -0.39 is 0 Å². The molecule has 7 nitrogen and oxygen atoms in total. The van der Waals surface area contributed by atoms with Crippen LogP contribution in [0.25, 0.3) is 28.0 Å². The van der Waals surface area contributed by atoms with Crippen LogP contribution in [0.1, 0.15) is 25.0 Å². The molecular weight excluding hydrogens is 388 g/mol. The lowest BCUT2D eigenvalue weighted by atomic mass is 10.0. The molecular formula is C24H26N6O. The average molecular weight is 415 g/mol. The second-order valence-electron chi connectivity index (χ2n) is 8.13. The van der Waals surface area contributed by atoms with Crippen molar-refractivity contribution in [3.63, 3.8) is 0 Å². The fraction of sp³-hybridized carbons (Fsp3) is 0.250. The van der Waals surface area contributed by atoms with Gasteiger partial charge in [0.15, 0.2) is 5.65 Å². The quantitative estimate of drug-likeness (QED) is 0.442. The van der Waals surface area contributed by atoms with E-state index in [0.717, 1.165) is 42.9 Å². The lowest BCUT2D eigenvalue weighted by Crippen LogP contribution is -2.30. The highest BCUT2D eigenvalue weighted by molar-refractivity contribution is 5.87. The highest BCUT2D eigenvalue weighted by Crippen LogP contribution is 2.35. The minimum absolute atomic E-state index is 0.146. The minimum atomic E-state index is -0.146. The summed E-state index contributed by atoms with van der Waals surface area (Å²) in [5, 5.41) is 3.35. The molecule has 2 aromatic carbocycles. The number of fused-ring (bicyclic) bond motifs is 1. The zero-order chi connectivity index (χ0) is 21.5. The van der Waals surface area contributed by atoms with Gasteiger partial charge in [0.25, 0.3) is 5.56 Å². The number of aromatic amines is 1. The van der Waals surface area contributed by atoms with Gasteiger partial charge >= 0.3 is 0 Å². The van der Waals surface area contributed by atoms with Crippen molar-refractivity contribution in [2.45, 2.75) is 26.2 Å². The van der Waals surface area contributed by atoms with Crippen molar-refractivity contribution in [1.82, 2.24) is 14.6 Å². The van der Waals surface area contributed by atoms with Gasteiger partial charge in [-0.05, 0) is 43.9 Å². The number of hydrogen-bond acceptors (Lipinski definition) is 5. The first-order valence-corrected chi connectivity index (χ1v) is 10.7. The first kappa shape index (κ1) is 19.2. The number of nitrogens with two attached hydrogens (primary N) is 2. The fourth-order valence-corrected chi connectivity index (χ4v) is 4.45. The lowest BCUT2D eigenvalue weighted by molar-refractivity contribution is 0.579. The summed E-state index contributed by atoms with van der Waals surface area (Å²) < 4.78 is 1.57. The molecule has 0 amide bonds. The van der Waals surface area contributed by atoms with Gasteiger partial charge in [-0.2, -0.15) is 4.52 Å². The largest absolute Gasteiger partial charge is 0.397 e. The molecule has 1 saturated heterocycles. The molecule has 1 aliphatic rings. The molecule has 0 spiro atoms. The predicted molar refractivity (Wildman–Crippen MR) is 126 cm³/mol. The van der Waals surface area contributed by atoms with Gasteiger partial charge in [-0.3, -0.25) is 9.89 Å². The van der Waals surface area contributed by atoms with E-state index in [1.54, 1.807) is 16.6 Å². The van der Waals surface area contributed by atoms with E-state index in [-0.39, 0.29) is 5.56 Å². The Labute approximate surface area is 180 Å². The Morgan fingerprint density at radius 1 is 0.935 bits per heavy atom. The number of aromatic nitrogens is 3. The Bertz CT molecular complexity index is 1320. The van der Waals surface area contributed by atoms with Gasteiger partial charge in [0.1, 0.15) is 5.69 Å². The van der Waals surface area contributed by atoms with E-state index in [1.807, 2.05) is 31.2 Å². The molecule has 158 valence electrons. The molecule has 1 fully saturated rings. The topological polar surface area (TPSA) is 105 Å². The van der Waals surface area contributed by atoms with E-state index in [0.29, 0.717) is 33.8 Å². The van der Waals surface area contributed by atoms with Crippen LogP contribution in [-0.2, 0) is 0 Å². The number of aryl methyl sites for hydroxylation is 1. The van der Waals surface area contributed by atoms with E-state index in [9.17, 15) is 4.79 Å². The summed E-state index contributed by atoms with van der Waals surface area (Å²) in [5.74, 6) is 0. The SMILES string of the molecule is Cc1nc2c(N3CCCCC3)c(-c3ccccc3)[nH]n2c(=O)c1-c1ccc(N)c(N)c1.